The minimum Gasteiger partial charge on any atom is -0.326 e. The highest BCUT2D eigenvalue weighted by Gasteiger charge is 2.03. The highest BCUT2D eigenvalue weighted by Crippen LogP contribution is 2.14. The van der Waals surface area contributed by atoms with Crippen molar-refractivity contribution in [2.45, 2.75) is 13.1 Å². The van der Waals surface area contributed by atoms with Crippen LogP contribution in [0.15, 0.2) is 55.1 Å². The molecule has 0 aliphatic carbocycles. The predicted octanol–water partition coefficient (Wildman–Crippen LogP) is 1.92. The lowest BCUT2D eigenvalue weighted by atomic mass is 10.3. The van der Waals surface area contributed by atoms with Gasteiger partial charge in [-0.25, -0.2) is 4.98 Å². The minimum atomic E-state index is 0.764. The molecule has 0 bridgehead atoms. The maximum atomic E-state index is 4.32. The first-order valence-electron chi connectivity index (χ1n) is 6.09. The number of nitrogens with zero attached hydrogens (tertiary/aromatic N) is 5. The number of imidazole rings is 1. The maximum absolute atomic E-state index is 4.32. The predicted molar refractivity (Wildman–Crippen MR) is 72.0 cm³/mol. The third-order valence-corrected chi connectivity index (χ3v) is 2.79. The molecule has 0 amide bonds. The van der Waals surface area contributed by atoms with Crippen molar-refractivity contribution in [3.05, 3.63) is 55.1 Å². The van der Waals surface area contributed by atoms with E-state index in [0.29, 0.717) is 0 Å². The quantitative estimate of drug-likeness (QED) is 0.755. The Balaban J connectivity index is 1.68. The van der Waals surface area contributed by atoms with Crippen LogP contribution in [-0.2, 0) is 13.1 Å². The second-order valence-electron chi connectivity index (χ2n) is 4.10. The lowest BCUT2D eigenvalue weighted by Gasteiger charge is -2.09. The van der Waals surface area contributed by atoms with Gasteiger partial charge in [-0.15, -0.1) is 5.10 Å². The SMILES string of the molecule is c1ccc(Nc2nccn2CCn2ccnn2)cc1. The fourth-order valence-corrected chi connectivity index (χ4v) is 1.83. The first kappa shape index (κ1) is 11.5. The Morgan fingerprint density at radius 1 is 1.00 bits per heavy atom. The van der Waals surface area contributed by atoms with E-state index in [2.05, 4.69) is 25.2 Å². The van der Waals surface area contributed by atoms with Gasteiger partial charge in [-0.05, 0) is 12.1 Å². The third-order valence-electron chi connectivity index (χ3n) is 2.79. The monoisotopic (exact) mass is 254 g/mol. The van der Waals surface area contributed by atoms with E-state index in [9.17, 15) is 0 Å². The topological polar surface area (TPSA) is 60.6 Å². The summed E-state index contributed by atoms with van der Waals surface area (Å²) in [4.78, 5) is 4.32. The lowest BCUT2D eigenvalue weighted by molar-refractivity contribution is 0.522. The summed E-state index contributed by atoms with van der Waals surface area (Å²) in [6.45, 7) is 1.55. The highest BCUT2D eigenvalue weighted by molar-refractivity contribution is 5.52. The average molecular weight is 254 g/mol. The van der Waals surface area contributed by atoms with E-state index >= 15 is 0 Å². The largest absolute Gasteiger partial charge is 0.326 e. The van der Waals surface area contributed by atoms with Crippen LogP contribution in [0.25, 0.3) is 0 Å². The number of anilines is 2. The summed E-state index contributed by atoms with van der Waals surface area (Å²) in [6.07, 6.45) is 7.26. The van der Waals surface area contributed by atoms with E-state index in [0.717, 1.165) is 24.7 Å². The molecule has 0 saturated heterocycles. The van der Waals surface area contributed by atoms with Crippen molar-refractivity contribution >= 4 is 11.6 Å². The number of aromatic nitrogens is 5. The molecule has 0 atom stereocenters. The summed E-state index contributed by atoms with van der Waals surface area (Å²) in [7, 11) is 0. The Bertz CT molecular complexity index is 614. The summed E-state index contributed by atoms with van der Waals surface area (Å²) in [5, 5.41) is 11.0. The number of hydrogen-bond acceptors (Lipinski definition) is 4. The average Bonchev–Trinajstić information content (AvgIpc) is 3.09. The van der Waals surface area contributed by atoms with E-state index in [4.69, 9.17) is 0 Å². The molecule has 1 N–H and O–H groups in total. The Kier molecular flexibility index (Phi) is 3.22. The van der Waals surface area contributed by atoms with Crippen LogP contribution >= 0.6 is 0 Å². The molecule has 6 heteroatoms. The van der Waals surface area contributed by atoms with Crippen molar-refractivity contribution in [2.24, 2.45) is 0 Å². The molecule has 3 rings (SSSR count). The van der Waals surface area contributed by atoms with Gasteiger partial charge in [0, 0.05) is 30.8 Å². The number of benzene rings is 1. The number of aryl methyl sites for hydroxylation is 2. The third kappa shape index (κ3) is 2.79. The smallest absolute Gasteiger partial charge is 0.207 e. The van der Waals surface area contributed by atoms with Crippen molar-refractivity contribution in [1.82, 2.24) is 24.5 Å². The Hall–Kier alpha value is -2.63. The van der Waals surface area contributed by atoms with Gasteiger partial charge >= 0.3 is 0 Å². The van der Waals surface area contributed by atoms with Crippen LogP contribution in [0, 0.1) is 0 Å². The number of nitrogens with one attached hydrogen (secondary N) is 1. The van der Waals surface area contributed by atoms with Crippen LogP contribution in [0.2, 0.25) is 0 Å². The van der Waals surface area contributed by atoms with E-state index < -0.39 is 0 Å². The Morgan fingerprint density at radius 3 is 2.68 bits per heavy atom. The second-order valence-corrected chi connectivity index (χ2v) is 4.10. The van der Waals surface area contributed by atoms with Gasteiger partial charge in [0.2, 0.25) is 5.95 Å². The van der Waals surface area contributed by atoms with E-state index in [1.165, 1.54) is 0 Å². The molecule has 19 heavy (non-hydrogen) atoms. The molecular weight excluding hydrogens is 240 g/mol. The fourth-order valence-electron chi connectivity index (χ4n) is 1.83. The molecule has 0 fully saturated rings. The highest BCUT2D eigenvalue weighted by atomic mass is 15.4. The molecule has 3 aromatic rings. The fraction of sp³-hybridized carbons (Fsp3) is 0.154. The van der Waals surface area contributed by atoms with Crippen LogP contribution in [0.1, 0.15) is 0 Å². The van der Waals surface area contributed by atoms with Gasteiger partial charge < -0.3 is 9.88 Å². The van der Waals surface area contributed by atoms with E-state index in [1.54, 1.807) is 17.1 Å². The van der Waals surface area contributed by atoms with Gasteiger partial charge in [-0.1, -0.05) is 23.4 Å². The van der Waals surface area contributed by atoms with Crippen LogP contribution < -0.4 is 5.32 Å². The van der Waals surface area contributed by atoms with Crippen molar-refractivity contribution in [3.8, 4) is 0 Å². The van der Waals surface area contributed by atoms with E-state index in [-0.39, 0.29) is 0 Å². The first-order chi connectivity index (χ1) is 9.42. The minimum absolute atomic E-state index is 0.764. The molecular formula is C13H14N6. The summed E-state index contributed by atoms with van der Waals surface area (Å²) in [5.41, 5.74) is 1.02. The van der Waals surface area contributed by atoms with Gasteiger partial charge in [0.1, 0.15) is 0 Å². The van der Waals surface area contributed by atoms with Crippen molar-refractivity contribution < 1.29 is 0 Å². The molecule has 0 unspecified atom stereocenters. The molecule has 0 aliphatic rings. The zero-order valence-electron chi connectivity index (χ0n) is 10.3. The van der Waals surface area contributed by atoms with Crippen LogP contribution in [0.4, 0.5) is 11.6 Å². The van der Waals surface area contributed by atoms with Crippen LogP contribution in [-0.4, -0.2) is 24.5 Å². The van der Waals surface area contributed by atoms with Crippen LogP contribution in [0.3, 0.4) is 0 Å². The molecule has 0 saturated carbocycles. The van der Waals surface area contributed by atoms with Gasteiger partial charge in [0.15, 0.2) is 0 Å². The lowest BCUT2D eigenvalue weighted by Crippen LogP contribution is -2.09. The van der Waals surface area contributed by atoms with E-state index in [1.807, 2.05) is 42.7 Å². The van der Waals surface area contributed by atoms with Gasteiger partial charge in [0.05, 0.1) is 12.7 Å². The summed E-state index contributed by atoms with van der Waals surface area (Å²) < 4.78 is 3.85. The number of rotatable bonds is 5. The number of hydrogen-bond donors (Lipinski definition) is 1. The Labute approximate surface area is 110 Å². The van der Waals surface area contributed by atoms with Gasteiger partial charge in [-0.3, -0.25) is 4.68 Å². The summed E-state index contributed by atoms with van der Waals surface area (Å²) >= 11 is 0. The second kappa shape index (κ2) is 5.34. The Morgan fingerprint density at radius 2 is 1.89 bits per heavy atom. The molecule has 2 aromatic heterocycles. The zero-order chi connectivity index (χ0) is 12.9. The van der Waals surface area contributed by atoms with Crippen molar-refractivity contribution in [1.29, 1.82) is 0 Å². The van der Waals surface area contributed by atoms with Crippen LogP contribution in [0.5, 0.6) is 0 Å². The standard InChI is InChI=1S/C13H14N6/c1-2-4-12(5-3-1)16-13-14-6-8-18(13)10-11-19-9-7-15-17-19/h1-9H,10-11H2,(H,14,16). The zero-order valence-corrected chi connectivity index (χ0v) is 10.3. The first-order valence-corrected chi connectivity index (χ1v) is 6.09. The normalized spacial score (nSPS) is 10.5. The molecule has 0 aliphatic heterocycles. The molecule has 96 valence electrons. The summed E-state index contributed by atoms with van der Waals surface area (Å²) in [5.74, 6) is 0.825. The summed E-state index contributed by atoms with van der Waals surface area (Å²) in [6, 6.07) is 9.99. The molecule has 2 heterocycles. The van der Waals surface area contributed by atoms with Gasteiger partial charge in [-0.2, -0.15) is 0 Å². The van der Waals surface area contributed by atoms with Gasteiger partial charge in [0.25, 0.3) is 0 Å². The number of para-hydroxylation sites is 1. The maximum Gasteiger partial charge on any atom is 0.207 e. The molecule has 0 radical (unpaired) electrons. The van der Waals surface area contributed by atoms with Crippen molar-refractivity contribution in [3.63, 3.8) is 0 Å². The molecule has 1 aromatic carbocycles. The molecule has 0 spiro atoms. The molecule has 6 nitrogen and oxygen atoms in total. The van der Waals surface area contributed by atoms with Crippen molar-refractivity contribution in [2.75, 3.05) is 5.32 Å².